The van der Waals surface area contributed by atoms with E-state index in [4.69, 9.17) is 0 Å². The van der Waals surface area contributed by atoms with Gasteiger partial charge in [0.1, 0.15) is 5.01 Å². The van der Waals surface area contributed by atoms with Gasteiger partial charge < -0.3 is 10.2 Å². The van der Waals surface area contributed by atoms with Crippen LogP contribution in [0.15, 0.2) is 0 Å². The largest absolute Gasteiger partial charge is 0.342 e. The van der Waals surface area contributed by atoms with Gasteiger partial charge in [-0.05, 0) is 6.92 Å². The third-order valence-electron chi connectivity index (χ3n) is 1.86. The van der Waals surface area contributed by atoms with Crippen LogP contribution in [0.1, 0.15) is 5.01 Å². The Morgan fingerprint density at radius 2 is 2.00 bits per heavy atom. The van der Waals surface area contributed by atoms with E-state index in [-0.39, 0.29) is 0 Å². The molecule has 0 aliphatic carbocycles. The zero-order chi connectivity index (χ0) is 12.8. The van der Waals surface area contributed by atoms with Crippen molar-refractivity contribution in [1.82, 2.24) is 15.5 Å². The predicted octanol–water partition coefficient (Wildman–Crippen LogP) is -1.95. The number of amides is 2. The van der Waals surface area contributed by atoms with E-state index in [1.54, 1.807) is 6.92 Å². The van der Waals surface area contributed by atoms with Crippen molar-refractivity contribution < 1.29 is 14.5 Å². The first-order valence-corrected chi connectivity index (χ1v) is 5.99. The van der Waals surface area contributed by atoms with E-state index < -0.39 is 11.8 Å². The van der Waals surface area contributed by atoms with Crippen LogP contribution in [0, 0.1) is 6.92 Å². The molecular weight excluding hydrogens is 242 g/mol. The SMILES string of the molecule is Cc1nnc(NC(=O)C(=O)NCC[NH+](C)C)s1. The van der Waals surface area contributed by atoms with Gasteiger partial charge in [-0.1, -0.05) is 11.3 Å². The molecule has 0 atom stereocenters. The number of hydrogen-bond donors (Lipinski definition) is 3. The molecule has 0 aromatic carbocycles. The second-order valence-electron chi connectivity index (χ2n) is 3.79. The van der Waals surface area contributed by atoms with Crippen molar-refractivity contribution >= 4 is 28.3 Å². The number of carbonyl (C=O) groups excluding carboxylic acids is 2. The highest BCUT2D eigenvalue weighted by Crippen LogP contribution is 2.12. The fourth-order valence-corrected chi connectivity index (χ4v) is 1.59. The molecule has 0 aliphatic rings. The quantitative estimate of drug-likeness (QED) is 0.548. The zero-order valence-corrected chi connectivity index (χ0v) is 10.8. The van der Waals surface area contributed by atoms with Gasteiger partial charge in [0.15, 0.2) is 0 Å². The Balaban J connectivity index is 2.34. The van der Waals surface area contributed by atoms with Crippen LogP contribution < -0.4 is 15.5 Å². The molecule has 8 heteroatoms. The molecule has 7 nitrogen and oxygen atoms in total. The van der Waals surface area contributed by atoms with Crippen LogP contribution in [0.25, 0.3) is 0 Å². The van der Waals surface area contributed by atoms with Gasteiger partial charge in [0.25, 0.3) is 0 Å². The zero-order valence-electron chi connectivity index (χ0n) is 10.0. The molecule has 0 saturated carbocycles. The van der Waals surface area contributed by atoms with E-state index >= 15 is 0 Å². The number of likely N-dealkylation sites (N-methyl/N-ethyl adjacent to an activating group) is 1. The highest BCUT2D eigenvalue weighted by atomic mass is 32.1. The van der Waals surface area contributed by atoms with Crippen LogP contribution >= 0.6 is 11.3 Å². The highest BCUT2D eigenvalue weighted by Gasteiger charge is 2.15. The predicted molar refractivity (Wildman–Crippen MR) is 64.0 cm³/mol. The summed E-state index contributed by atoms with van der Waals surface area (Å²) >= 11 is 1.22. The molecule has 3 N–H and O–H groups in total. The number of nitrogens with one attached hydrogen (secondary N) is 3. The molecule has 17 heavy (non-hydrogen) atoms. The van der Waals surface area contributed by atoms with Crippen molar-refractivity contribution in [1.29, 1.82) is 0 Å². The Labute approximate surface area is 103 Å². The van der Waals surface area contributed by atoms with Crippen molar-refractivity contribution in [2.75, 3.05) is 32.5 Å². The lowest BCUT2D eigenvalue weighted by molar-refractivity contribution is -0.856. The average molecular weight is 258 g/mol. The van der Waals surface area contributed by atoms with Crippen LogP contribution in [0.5, 0.6) is 0 Å². The van der Waals surface area contributed by atoms with Crippen LogP contribution in [0.2, 0.25) is 0 Å². The van der Waals surface area contributed by atoms with Gasteiger partial charge in [0.05, 0.1) is 27.2 Å². The Bertz CT molecular complexity index is 404. The van der Waals surface area contributed by atoms with E-state index in [9.17, 15) is 9.59 Å². The fraction of sp³-hybridized carbons (Fsp3) is 0.556. The topological polar surface area (TPSA) is 88.4 Å². The van der Waals surface area contributed by atoms with E-state index in [2.05, 4.69) is 20.8 Å². The molecule has 1 heterocycles. The van der Waals surface area contributed by atoms with Crippen molar-refractivity contribution in [2.24, 2.45) is 0 Å². The second kappa shape index (κ2) is 6.26. The number of quaternary nitrogens is 1. The maximum absolute atomic E-state index is 11.4. The first-order valence-electron chi connectivity index (χ1n) is 5.17. The maximum atomic E-state index is 11.4. The van der Waals surface area contributed by atoms with E-state index in [1.807, 2.05) is 14.1 Å². The van der Waals surface area contributed by atoms with E-state index in [0.29, 0.717) is 11.7 Å². The van der Waals surface area contributed by atoms with Crippen molar-refractivity contribution in [3.8, 4) is 0 Å². The molecule has 0 bridgehead atoms. The average Bonchev–Trinajstić information content (AvgIpc) is 2.63. The summed E-state index contributed by atoms with van der Waals surface area (Å²) in [4.78, 5) is 24.0. The summed E-state index contributed by atoms with van der Waals surface area (Å²) in [5.41, 5.74) is 0. The normalized spacial score (nSPS) is 10.4. The van der Waals surface area contributed by atoms with Crippen molar-refractivity contribution in [3.63, 3.8) is 0 Å². The number of aryl methyl sites for hydroxylation is 1. The molecule has 2 amide bonds. The number of aromatic nitrogens is 2. The number of nitrogens with zero attached hydrogens (tertiary/aromatic N) is 2. The molecule has 94 valence electrons. The van der Waals surface area contributed by atoms with Gasteiger partial charge in [0.2, 0.25) is 5.13 Å². The molecule has 1 rings (SSSR count). The summed E-state index contributed by atoms with van der Waals surface area (Å²) < 4.78 is 0. The molecule has 1 aromatic rings. The van der Waals surface area contributed by atoms with Gasteiger partial charge in [-0.2, -0.15) is 0 Å². The van der Waals surface area contributed by atoms with Crippen LogP contribution in [0.4, 0.5) is 5.13 Å². The van der Waals surface area contributed by atoms with Crippen LogP contribution in [-0.4, -0.2) is 49.2 Å². The summed E-state index contributed by atoms with van der Waals surface area (Å²) in [6, 6.07) is 0. The standard InChI is InChI=1S/C9H15N5O2S/c1-6-12-13-9(17-6)11-8(16)7(15)10-4-5-14(2)3/h4-5H2,1-3H3,(H,10,15)(H,11,13,16)/p+1. The number of anilines is 1. The van der Waals surface area contributed by atoms with Crippen LogP contribution in [0.3, 0.4) is 0 Å². The monoisotopic (exact) mass is 258 g/mol. The fourth-order valence-electron chi connectivity index (χ4n) is 1.01. The smallest absolute Gasteiger partial charge is 0.315 e. The molecule has 0 aliphatic heterocycles. The van der Waals surface area contributed by atoms with E-state index in [1.165, 1.54) is 16.2 Å². The second-order valence-corrected chi connectivity index (χ2v) is 4.98. The maximum Gasteiger partial charge on any atom is 0.315 e. The molecule has 0 saturated heterocycles. The minimum atomic E-state index is -0.713. The summed E-state index contributed by atoms with van der Waals surface area (Å²) in [5, 5.41) is 13.4. The van der Waals surface area contributed by atoms with Crippen LogP contribution in [-0.2, 0) is 9.59 Å². The number of hydrogen-bond acceptors (Lipinski definition) is 5. The molecule has 0 unspecified atom stereocenters. The van der Waals surface area contributed by atoms with Gasteiger partial charge in [-0.15, -0.1) is 10.2 Å². The molecular formula is C9H16N5O2S+. The third kappa shape index (κ3) is 4.87. The van der Waals surface area contributed by atoms with Crippen molar-refractivity contribution in [3.05, 3.63) is 5.01 Å². The minimum absolute atomic E-state index is 0.334. The van der Waals surface area contributed by atoms with Gasteiger partial charge in [0, 0.05) is 0 Å². The lowest BCUT2D eigenvalue weighted by atomic mass is 10.5. The minimum Gasteiger partial charge on any atom is -0.342 e. The first kappa shape index (κ1) is 13.5. The van der Waals surface area contributed by atoms with E-state index in [0.717, 1.165) is 11.6 Å². The Kier molecular flexibility index (Phi) is 4.98. The molecule has 0 fully saturated rings. The Morgan fingerprint density at radius 3 is 2.53 bits per heavy atom. The summed E-state index contributed by atoms with van der Waals surface area (Å²) in [5.74, 6) is -1.37. The van der Waals surface area contributed by atoms with Gasteiger partial charge >= 0.3 is 11.8 Å². The van der Waals surface area contributed by atoms with Crippen molar-refractivity contribution in [2.45, 2.75) is 6.92 Å². The third-order valence-corrected chi connectivity index (χ3v) is 2.62. The summed E-state index contributed by atoms with van der Waals surface area (Å²) in [6.07, 6.45) is 0. The first-order chi connectivity index (χ1) is 7.99. The molecule has 1 aromatic heterocycles. The van der Waals surface area contributed by atoms with Gasteiger partial charge in [-0.3, -0.25) is 14.9 Å². The lowest BCUT2D eigenvalue weighted by Gasteiger charge is -2.07. The lowest BCUT2D eigenvalue weighted by Crippen LogP contribution is -3.06. The molecule has 0 spiro atoms. The summed E-state index contributed by atoms with van der Waals surface area (Å²) in [6.45, 7) is 2.99. The summed E-state index contributed by atoms with van der Waals surface area (Å²) in [7, 11) is 3.94. The number of rotatable bonds is 4. The number of carbonyl (C=O) groups is 2. The molecule has 0 radical (unpaired) electrons. The Morgan fingerprint density at radius 1 is 1.29 bits per heavy atom. The highest BCUT2D eigenvalue weighted by molar-refractivity contribution is 7.15. The Hall–Kier alpha value is -1.54. The van der Waals surface area contributed by atoms with Gasteiger partial charge in [-0.25, -0.2) is 0 Å².